The van der Waals surface area contributed by atoms with E-state index in [2.05, 4.69) is 22.1 Å². The summed E-state index contributed by atoms with van der Waals surface area (Å²) in [6.45, 7) is 0.887. The lowest BCUT2D eigenvalue weighted by atomic mass is 9.94. The zero-order valence-electron chi connectivity index (χ0n) is 16.5. The van der Waals surface area contributed by atoms with E-state index in [-0.39, 0.29) is 17.4 Å². The van der Waals surface area contributed by atoms with Crippen molar-refractivity contribution in [3.05, 3.63) is 81.3 Å². The van der Waals surface area contributed by atoms with Crippen LogP contribution in [0.1, 0.15) is 28.3 Å². The Bertz CT molecular complexity index is 1140. The number of H-pyrrole nitrogens is 1. The van der Waals surface area contributed by atoms with Gasteiger partial charge in [-0.05, 0) is 28.7 Å². The van der Waals surface area contributed by atoms with Gasteiger partial charge in [-0.25, -0.2) is 4.98 Å². The molecule has 0 bridgehead atoms. The quantitative estimate of drug-likeness (QED) is 0.735. The first kappa shape index (κ1) is 17.7. The van der Waals surface area contributed by atoms with Gasteiger partial charge in [0.15, 0.2) is 0 Å². The molecular weight excluding hydrogens is 364 g/mol. The smallest absolute Gasteiger partial charge is 0.255 e. The fraction of sp³-hybridized carbons (Fsp3) is 0.261. The van der Waals surface area contributed by atoms with Crippen LogP contribution in [-0.2, 0) is 17.8 Å². The number of benzene rings is 2. The van der Waals surface area contributed by atoms with Crippen LogP contribution in [0.2, 0.25) is 0 Å². The van der Waals surface area contributed by atoms with Gasteiger partial charge in [-0.2, -0.15) is 0 Å². The van der Waals surface area contributed by atoms with Crippen molar-refractivity contribution in [3.63, 3.8) is 0 Å². The van der Waals surface area contributed by atoms with Gasteiger partial charge in [-0.15, -0.1) is 0 Å². The SMILES string of the molecule is CN(C)c1nc2c(c(=O)[nH]1)CCN(C(=O)C1c3ccccc3-c3ccccc31)C2. The van der Waals surface area contributed by atoms with Gasteiger partial charge < -0.3 is 9.80 Å². The summed E-state index contributed by atoms with van der Waals surface area (Å²) in [5, 5.41) is 0. The van der Waals surface area contributed by atoms with Crippen molar-refractivity contribution in [1.82, 2.24) is 14.9 Å². The van der Waals surface area contributed by atoms with Gasteiger partial charge in [-0.3, -0.25) is 14.6 Å². The molecule has 2 aliphatic rings. The number of nitrogens with zero attached hydrogens (tertiary/aromatic N) is 3. The molecule has 0 fully saturated rings. The van der Waals surface area contributed by atoms with E-state index in [0.29, 0.717) is 36.7 Å². The highest BCUT2D eigenvalue weighted by atomic mass is 16.2. The number of hydrogen-bond donors (Lipinski definition) is 1. The first-order valence-electron chi connectivity index (χ1n) is 9.81. The normalized spacial score (nSPS) is 14.9. The number of aromatic amines is 1. The minimum Gasteiger partial charge on any atom is -0.348 e. The third-order valence-corrected chi connectivity index (χ3v) is 5.88. The predicted octanol–water partition coefficient (Wildman–Crippen LogP) is 2.53. The Balaban J connectivity index is 1.52. The van der Waals surface area contributed by atoms with Gasteiger partial charge in [0.1, 0.15) is 0 Å². The molecule has 2 heterocycles. The summed E-state index contributed by atoms with van der Waals surface area (Å²) >= 11 is 0. The third-order valence-electron chi connectivity index (χ3n) is 5.88. The molecule has 0 atom stereocenters. The molecule has 0 radical (unpaired) electrons. The molecule has 5 rings (SSSR count). The molecule has 6 nitrogen and oxygen atoms in total. The third kappa shape index (κ3) is 2.75. The summed E-state index contributed by atoms with van der Waals surface area (Å²) < 4.78 is 0. The summed E-state index contributed by atoms with van der Waals surface area (Å²) in [6.07, 6.45) is 0.521. The molecule has 6 heteroatoms. The van der Waals surface area contributed by atoms with Crippen LogP contribution in [0.4, 0.5) is 5.95 Å². The molecule has 0 saturated carbocycles. The van der Waals surface area contributed by atoms with Gasteiger partial charge in [0.05, 0.1) is 18.2 Å². The Hall–Kier alpha value is -3.41. The summed E-state index contributed by atoms with van der Waals surface area (Å²) in [5.41, 5.74) is 5.63. The van der Waals surface area contributed by atoms with E-state index in [9.17, 15) is 9.59 Å². The van der Waals surface area contributed by atoms with Gasteiger partial charge >= 0.3 is 0 Å². The van der Waals surface area contributed by atoms with E-state index < -0.39 is 0 Å². The summed E-state index contributed by atoms with van der Waals surface area (Å²) in [4.78, 5) is 37.1. The largest absolute Gasteiger partial charge is 0.348 e. The molecule has 1 amide bonds. The van der Waals surface area contributed by atoms with Crippen LogP contribution < -0.4 is 10.5 Å². The number of amides is 1. The molecule has 0 unspecified atom stereocenters. The van der Waals surface area contributed by atoms with Crippen LogP contribution >= 0.6 is 0 Å². The van der Waals surface area contributed by atoms with Gasteiger partial charge in [-0.1, -0.05) is 48.5 Å². The molecule has 2 aromatic carbocycles. The molecule has 1 aliphatic carbocycles. The number of carbonyl (C=O) groups is 1. The summed E-state index contributed by atoms with van der Waals surface area (Å²) in [5.74, 6) is 0.278. The number of aromatic nitrogens is 2. The Morgan fingerprint density at radius 1 is 1.07 bits per heavy atom. The maximum Gasteiger partial charge on any atom is 0.255 e. The van der Waals surface area contributed by atoms with E-state index in [1.165, 1.54) is 0 Å². The van der Waals surface area contributed by atoms with E-state index in [1.54, 1.807) is 4.90 Å². The maximum absolute atomic E-state index is 13.6. The average molecular weight is 386 g/mol. The highest BCUT2D eigenvalue weighted by molar-refractivity contribution is 5.96. The highest BCUT2D eigenvalue weighted by Gasteiger charge is 2.37. The molecule has 0 saturated heterocycles. The van der Waals surface area contributed by atoms with Crippen molar-refractivity contribution in [1.29, 1.82) is 0 Å². The number of nitrogens with one attached hydrogen (secondary N) is 1. The van der Waals surface area contributed by atoms with Crippen molar-refractivity contribution in [3.8, 4) is 11.1 Å². The van der Waals surface area contributed by atoms with Crippen LogP contribution in [0.25, 0.3) is 11.1 Å². The van der Waals surface area contributed by atoms with Crippen molar-refractivity contribution in [2.24, 2.45) is 0 Å². The van der Waals surface area contributed by atoms with Crippen LogP contribution in [0, 0.1) is 0 Å². The molecule has 3 aromatic rings. The lowest BCUT2D eigenvalue weighted by Gasteiger charge is -2.31. The lowest BCUT2D eigenvalue weighted by Crippen LogP contribution is -2.41. The van der Waals surface area contributed by atoms with Gasteiger partial charge in [0, 0.05) is 26.2 Å². The zero-order chi connectivity index (χ0) is 20.1. The van der Waals surface area contributed by atoms with E-state index >= 15 is 0 Å². The van der Waals surface area contributed by atoms with Crippen LogP contribution in [0.3, 0.4) is 0 Å². The van der Waals surface area contributed by atoms with Crippen molar-refractivity contribution in [2.75, 3.05) is 25.5 Å². The monoisotopic (exact) mass is 386 g/mol. The fourth-order valence-electron chi connectivity index (χ4n) is 4.43. The zero-order valence-corrected chi connectivity index (χ0v) is 16.5. The second-order valence-electron chi connectivity index (χ2n) is 7.83. The van der Waals surface area contributed by atoms with E-state index in [4.69, 9.17) is 0 Å². The number of fused-ring (bicyclic) bond motifs is 4. The first-order chi connectivity index (χ1) is 14.0. The number of rotatable bonds is 2. The molecule has 1 N–H and O–H groups in total. The molecular formula is C23H22N4O2. The van der Waals surface area contributed by atoms with Crippen LogP contribution in [0.5, 0.6) is 0 Å². The molecule has 29 heavy (non-hydrogen) atoms. The Kier molecular flexibility index (Phi) is 4.01. The fourth-order valence-corrected chi connectivity index (χ4v) is 4.43. The standard InChI is InChI=1S/C23H22N4O2/c1-26(2)23-24-19-13-27(12-11-18(19)21(28)25-23)22(29)20-16-9-5-3-7-14(16)15-8-4-6-10-17(15)20/h3-10,20H,11-13H2,1-2H3,(H,24,25,28). The van der Waals surface area contributed by atoms with Crippen molar-refractivity contribution in [2.45, 2.75) is 18.9 Å². The van der Waals surface area contributed by atoms with E-state index in [1.807, 2.05) is 55.4 Å². The molecule has 146 valence electrons. The second kappa shape index (κ2) is 6.58. The first-order valence-corrected chi connectivity index (χ1v) is 9.81. The summed E-state index contributed by atoms with van der Waals surface area (Å²) in [7, 11) is 3.67. The number of carbonyl (C=O) groups excluding carboxylic acids is 1. The number of anilines is 1. The lowest BCUT2D eigenvalue weighted by molar-refractivity contribution is -0.132. The topological polar surface area (TPSA) is 69.3 Å². The Labute approximate surface area is 168 Å². The molecule has 1 aliphatic heterocycles. The van der Waals surface area contributed by atoms with Crippen molar-refractivity contribution < 1.29 is 4.79 Å². The van der Waals surface area contributed by atoms with E-state index in [0.717, 1.165) is 22.3 Å². The second-order valence-corrected chi connectivity index (χ2v) is 7.83. The summed E-state index contributed by atoms with van der Waals surface area (Å²) in [6, 6.07) is 16.2. The molecule has 0 spiro atoms. The van der Waals surface area contributed by atoms with Gasteiger partial charge in [0.2, 0.25) is 11.9 Å². The maximum atomic E-state index is 13.6. The number of hydrogen-bond acceptors (Lipinski definition) is 4. The van der Waals surface area contributed by atoms with Crippen molar-refractivity contribution >= 4 is 11.9 Å². The van der Waals surface area contributed by atoms with Crippen LogP contribution in [-0.4, -0.2) is 41.4 Å². The Morgan fingerprint density at radius 2 is 1.69 bits per heavy atom. The highest BCUT2D eigenvalue weighted by Crippen LogP contribution is 2.45. The van der Waals surface area contributed by atoms with Crippen LogP contribution in [0.15, 0.2) is 53.3 Å². The average Bonchev–Trinajstić information content (AvgIpc) is 3.07. The Morgan fingerprint density at radius 3 is 2.31 bits per heavy atom. The van der Waals surface area contributed by atoms with Gasteiger partial charge in [0.25, 0.3) is 5.56 Å². The molecule has 1 aromatic heterocycles. The predicted molar refractivity (Wildman–Crippen MR) is 112 cm³/mol. The minimum absolute atomic E-state index is 0.0709. The minimum atomic E-state index is -0.306.